The summed E-state index contributed by atoms with van der Waals surface area (Å²) in [5, 5.41) is 52.0. The molecule has 10 rings (SSSR count). The molecule has 0 spiro atoms. The molecule has 3 saturated carbocycles. The largest absolute Gasteiger partial charge is 0.412 e. The van der Waals surface area contributed by atoms with Crippen LogP contribution >= 0.6 is 47.4 Å². The lowest BCUT2D eigenvalue weighted by Gasteiger charge is -2.08. The molecule has 78 heavy (non-hydrogen) atoms. The fraction of sp³-hybridized carbons (Fsp3) is 0.312. The average molecular weight is 1180 g/mol. The van der Waals surface area contributed by atoms with Gasteiger partial charge in [0, 0.05) is 89.1 Å². The summed E-state index contributed by atoms with van der Waals surface area (Å²) in [5.41, 5.74) is 20.4. The van der Waals surface area contributed by atoms with Crippen LogP contribution in [0.3, 0.4) is 0 Å². The summed E-state index contributed by atoms with van der Waals surface area (Å²) in [6.07, 6.45) is 15.5. The molecule has 0 saturated heterocycles. The van der Waals surface area contributed by atoms with Crippen molar-refractivity contribution in [2.45, 2.75) is 86.8 Å². The number of thiol groups is 1. The molecule has 3 aliphatic rings. The van der Waals surface area contributed by atoms with E-state index in [1.165, 1.54) is 55.8 Å². The lowest BCUT2D eigenvalue weighted by molar-refractivity contribution is 0.287. The fourth-order valence-corrected chi connectivity index (χ4v) is 7.02. The first-order chi connectivity index (χ1) is 35.9. The van der Waals surface area contributed by atoms with Gasteiger partial charge in [0.2, 0.25) is 26.5 Å². The number of aliphatic hydroxyl groups is 2. The molecule has 0 radical (unpaired) electrons. The van der Waals surface area contributed by atoms with Crippen molar-refractivity contribution in [1.29, 1.82) is 5.41 Å². The number of nitrogen functional groups attached to an aromatic ring is 1. The zero-order chi connectivity index (χ0) is 54.8. The van der Waals surface area contributed by atoms with Gasteiger partial charge in [-0.3, -0.25) is 15.6 Å². The Hall–Kier alpha value is -6.76. The van der Waals surface area contributed by atoms with Gasteiger partial charge in [0.05, 0.1) is 4.90 Å². The number of nitrogens with zero attached hydrogens (tertiary/aromatic N) is 8. The van der Waals surface area contributed by atoms with Gasteiger partial charge in [0.1, 0.15) is 22.6 Å². The van der Waals surface area contributed by atoms with Gasteiger partial charge in [0.25, 0.3) is 0 Å². The smallest absolute Gasteiger partial charge is 0.238 e. The first-order valence-electron chi connectivity index (χ1n) is 23.5. The van der Waals surface area contributed by atoms with Crippen LogP contribution in [-0.4, -0.2) is 98.9 Å². The number of aromatic amines is 2. The highest BCUT2D eigenvalue weighted by molar-refractivity contribution is 7.89. The number of unbranched alkanes of at least 4 members (excludes halogenated alkanes) is 1. The number of anilines is 7. The first kappa shape index (κ1) is 69.3. The Morgan fingerprint density at radius 3 is 1.68 bits per heavy atom. The van der Waals surface area contributed by atoms with Gasteiger partial charge in [-0.2, -0.15) is 15.2 Å². The van der Waals surface area contributed by atoms with E-state index in [1.54, 1.807) is 49.6 Å². The molecule has 426 valence electrons. The van der Waals surface area contributed by atoms with E-state index in [0.29, 0.717) is 58.6 Å². The predicted molar refractivity (Wildman–Crippen MR) is 312 cm³/mol. The van der Waals surface area contributed by atoms with Crippen molar-refractivity contribution < 1.29 is 29.6 Å². The van der Waals surface area contributed by atoms with Crippen molar-refractivity contribution in [2.75, 3.05) is 34.9 Å². The van der Waals surface area contributed by atoms with Crippen LogP contribution in [0.5, 0.6) is 0 Å². The van der Waals surface area contributed by atoms with Crippen molar-refractivity contribution >= 4 is 104 Å². The molecule has 0 aliphatic heterocycles. The van der Waals surface area contributed by atoms with Crippen LogP contribution in [0.2, 0.25) is 15.7 Å². The van der Waals surface area contributed by atoms with E-state index in [4.69, 9.17) is 72.8 Å². The number of benzene rings is 2. The number of H-pyrrole nitrogens is 2. The molecule has 3 aliphatic carbocycles. The van der Waals surface area contributed by atoms with Crippen molar-refractivity contribution in [1.82, 2.24) is 56.4 Å². The molecule has 0 unspecified atom stereocenters. The molecule has 25 nitrogen and oxygen atoms in total. The monoisotopic (exact) mass is 1180 g/mol. The Balaban J connectivity index is 0.000000503. The molecule has 0 atom stereocenters. The Labute approximate surface area is 473 Å². The van der Waals surface area contributed by atoms with Crippen LogP contribution < -0.4 is 44.4 Å². The van der Waals surface area contributed by atoms with E-state index in [-0.39, 0.29) is 45.0 Å². The van der Waals surface area contributed by atoms with E-state index >= 15 is 0 Å². The van der Waals surface area contributed by atoms with E-state index in [9.17, 15) is 8.42 Å². The van der Waals surface area contributed by atoms with Gasteiger partial charge < -0.3 is 60.5 Å². The number of halogens is 3. The summed E-state index contributed by atoms with van der Waals surface area (Å²) in [5.74, 6) is 4.81. The Kier molecular flexibility index (Phi) is 32.3. The van der Waals surface area contributed by atoms with Crippen molar-refractivity contribution in [3.63, 3.8) is 0 Å². The maximum absolute atomic E-state index is 11.4. The standard InChI is InChI=1S/C16H17N7O2S.C10H10ClN5.C6H11N3.C6H7NS.C4H2Cl2N2.C4H10O.C2H6O.H3N.2H2O/c17-26(24,25)12-3-1-2-11(8-12)19-16-18-7-6-14(21-16)20-15-9-13(22-23-15)10-4-5-10;11-10-12-4-3-8(14-10)13-9-5-7(15-16-9)6-1-2-6;7-5(3-6(8)9)4-1-2-4;7-5-2-1-3-6(8)4-5;5-3-1-2-7-4(6)8-3;1-2-3-4-5;1-2-3;;;/h1-3,6-10H,4-5H2,(H2,17,24,25)(H3,18,19,20,21,22,23);3-6H,1-2H2,(H2,12,13,14,15,16);3-4H,1-2,7H2,(H3,8,9);1-4,8H,7H2;1-2H;5H,2-4H2,1H3;3H,2H2,1H3;1H3;2*1H2. The van der Waals surface area contributed by atoms with Crippen LogP contribution in [0.4, 0.5) is 40.6 Å². The molecule has 3 fully saturated rings. The minimum absolute atomic E-state index is 0. The molecule has 7 aromatic rings. The number of sulfonamides is 1. The van der Waals surface area contributed by atoms with E-state index in [1.807, 2.05) is 36.4 Å². The highest BCUT2D eigenvalue weighted by Gasteiger charge is 2.26. The molecule has 0 amide bonds. The molecule has 30 heteroatoms. The molecule has 0 bridgehead atoms. The lowest BCUT2D eigenvalue weighted by atomic mass is 10.3. The van der Waals surface area contributed by atoms with Gasteiger partial charge >= 0.3 is 0 Å². The second-order valence-corrected chi connectivity index (χ2v) is 19.5. The second-order valence-electron chi connectivity index (χ2n) is 16.4. The lowest BCUT2D eigenvalue weighted by Crippen LogP contribution is -2.12. The van der Waals surface area contributed by atoms with Gasteiger partial charge in [-0.25, -0.2) is 38.5 Å². The van der Waals surface area contributed by atoms with Crippen molar-refractivity contribution in [3.05, 3.63) is 136 Å². The van der Waals surface area contributed by atoms with Crippen LogP contribution in [0, 0.1) is 11.3 Å². The van der Waals surface area contributed by atoms with Gasteiger partial charge in [-0.1, -0.05) is 37.1 Å². The summed E-state index contributed by atoms with van der Waals surface area (Å²) in [4.78, 5) is 24.5. The number of rotatable bonds is 13. The SMILES string of the molecule is CCCCO.CCO.Clc1ccnc(Cl)n1.Clc1nccc(Nc2cc(C3CC3)[nH]n2)n1.N.N=C(N)C=C(N)C1CC1.NS(=O)(=O)c1cccc(Nc2nccc(Nc3cc(C4CC4)[nH]n3)n2)c1.Nc1cccc(S)c1.O.O. The number of allylic oxidation sites excluding steroid dienone is 1. The van der Waals surface area contributed by atoms with E-state index < -0.39 is 10.0 Å². The minimum Gasteiger partial charge on any atom is -0.412 e. The molecule has 5 aromatic heterocycles. The van der Waals surface area contributed by atoms with Crippen LogP contribution in [-0.2, 0) is 10.0 Å². The maximum atomic E-state index is 11.4. The number of hydrogen-bond donors (Lipinski definition) is 14. The van der Waals surface area contributed by atoms with Gasteiger partial charge in [0.15, 0.2) is 11.6 Å². The molecular formula is C48H70Cl3N19O6S2. The second kappa shape index (κ2) is 36.4. The van der Waals surface area contributed by atoms with Crippen molar-refractivity contribution in [3.8, 4) is 0 Å². The fourth-order valence-electron chi connectivity index (χ4n) is 5.76. The molecular weight excluding hydrogens is 1110 g/mol. The van der Waals surface area contributed by atoms with Gasteiger partial charge in [-0.05, 0) is 142 Å². The summed E-state index contributed by atoms with van der Waals surface area (Å²) < 4.78 is 22.9. The zero-order valence-corrected chi connectivity index (χ0v) is 46.9. The third kappa shape index (κ3) is 28.6. The van der Waals surface area contributed by atoms with E-state index in [2.05, 4.69) is 85.8 Å². The molecule has 2 aromatic carbocycles. The molecule has 5 heterocycles. The third-order valence-corrected chi connectivity index (χ3v) is 11.6. The van der Waals surface area contributed by atoms with Gasteiger partial charge in [-0.15, -0.1) is 12.6 Å². The summed E-state index contributed by atoms with van der Waals surface area (Å²) >= 11 is 20.5. The number of primary sulfonamides is 1. The quantitative estimate of drug-likeness (QED) is 0.0133. The number of nitrogens with one attached hydrogen (secondary N) is 6. The average Bonchev–Trinajstić information content (AvgIpc) is 4.27. The Morgan fingerprint density at radius 2 is 1.27 bits per heavy atom. The van der Waals surface area contributed by atoms with Crippen molar-refractivity contribution in [2.24, 2.45) is 22.5 Å². The first-order valence-corrected chi connectivity index (χ1v) is 26.6. The van der Waals surface area contributed by atoms with Crippen LogP contribution in [0.15, 0.2) is 119 Å². The Morgan fingerprint density at radius 1 is 0.744 bits per heavy atom. The summed E-state index contributed by atoms with van der Waals surface area (Å²) in [6, 6.07) is 22.6. The topological polar surface area (TPSA) is 471 Å². The highest BCUT2D eigenvalue weighted by atomic mass is 35.5. The number of aromatic nitrogens is 10. The number of amidine groups is 1. The number of hydrogen-bond acceptors (Lipinski definition) is 20. The normalized spacial score (nSPS) is 12.8. The summed E-state index contributed by atoms with van der Waals surface area (Å²) in [6.45, 7) is 4.33. The van der Waals surface area contributed by atoms with Crippen LogP contribution in [0.25, 0.3) is 0 Å². The molecule has 23 N–H and O–H groups in total. The maximum Gasteiger partial charge on any atom is 0.238 e. The number of aliphatic hydroxyl groups excluding tert-OH is 2. The third-order valence-electron chi connectivity index (χ3n) is 9.79. The zero-order valence-electron chi connectivity index (χ0n) is 42.9. The van der Waals surface area contributed by atoms with E-state index in [0.717, 1.165) is 53.5 Å². The summed E-state index contributed by atoms with van der Waals surface area (Å²) in [7, 11) is -3.77. The number of nitrogens with two attached hydrogens (primary N) is 4. The highest BCUT2D eigenvalue weighted by Crippen LogP contribution is 2.40. The Bertz CT molecular complexity index is 2900. The van der Waals surface area contributed by atoms with Crippen LogP contribution in [0.1, 0.15) is 88.4 Å². The minimum atomic E-state index is -3.77. The predicted octanol–water partition coefficient (Wildman–Crippen LogP) is 7.49.